The molecule has 6 nitrogen and oxygen atoms in total. The van der Waals surface area contributed by atoms with Gasteiger partial charge in [-0.15, -0.1) is 0 Å². The van der Waals surface area contributed by atoms with E-state index < -0.39 is 0 Å². The van der Waals surface area contributed by atoms with E-state index in [1.165, 1.54) is 6.20 Å². The van der Waals surface area contributed by atoms with Crippen LogP contribution >= 0.6 is 0 Å². The molecule has 1 aliphatic heterocycles. The number of hydrogen-bond acceptors (Lipinski definition) is 4. The molecule has 0 aromatic carbocycles. The van der Waals surface area contributed by atoms with Gasteiger partial charge in [0.1, 0.15) is 0 Å². The first kappa shape index (κ1) is 9.92. The second kappa shape index (κ2) is 3.70. The second-order valence-corrected chi connectivity index (χ2v) is 2.21. The van der Waals surface area contributed by atoms with Gasteiger partial charge in [0.05, 0.1) is 5.56 Å². The molecule has 0 saturated heterocycles. The molecule has 0 saturated carbocycles. The minimum atomic E-state index is -0.267. The van der Waals surface area contributed by atoms with Gasteiger partial charge in [0.2, 0.25) is 0 Å². The fourth-order valence-corrected chi connectivity index (χ4v) is 0.897. The molecular formula is C6H5N4O2W-. The van der Waals surface area contributed by atoms with Crippen molar-refractivity contribution in [2.75, 3.05) is 6.73 Å². The van der Waals surface area contributed by atoms with Crippen LogP contribution in [0.1, 0.15) is 10.4 Å². The smallest absolute Gasteiger partial charge is 0.258 e. The summed E-state index contributed by atoms with van der Waals surface area (Å²) in [7, 11) is 0. The van der Waals surface area contributed by atoms with Gasteiger partial charge < -0.3 is 25.8 Å². The van der Waals surface area contributed by atoms with Gasteiger partial charge in [-0.3, -0.25) is 4.79 Å². The van der Waals surface area contributed by atoms with Crippen LogP contribution in [0.25, 0.3) is 5.73 Å². The molecule has 2 heterocycles. The minimum absolute atomic E-state index is 0. The van der Waals surface area contributed by atoms with E-state index in [2.05, 4.69) is 15.3 Å². The zero-order valence-corrected chi connectivity index (χ0v) is 9.34. The number of amides is 1. The van der Waals surface area contributed by atoms with E-state index >= 15 is 0 Å². The van der Waals surface area contributed by atoms with Crippen LogP contribution in [0.4, 0.5) is 5.95 Å². The number of ether oxygens (including phenoxy) is 1. The Morgan fingerprint density at radius 3 is 3.15 bits per heavy atom. The van der Waals surface area contributed by atoms with Crippen LogP contribution in [0.3, 0.4) is 0 Å². The zero-order valence-electron chi connectivity index (χ0n) is 6.40. The van der Waals surface area contributed by atoms with Gasteiger partial charge >= 0.3 is 0 Å². The van der Waals surface area contributed by atoms with Gasteiger partial charge in [-0.1, -0.05) is 0 Å². The summed E-state index contributed by atoms with van der Waals surface area (Å²) < 4.78 is 4.97. The summed E-state index contributed by atoms with van der Waals surface area (Å²) in [5.41, 5.74) is 7.34. The maximum Gasteiger partial charge on any atom is 0.258 e. The molecule has 2 N–H and O–H groups in total. The fraction of sp³-hybridized carbons (Fsp3) is 0.167. The number of aromatic nitrogens is 2. The molecule has 68 valence electrons. The molecule has 0 bridgehead atoms. The zero-order chi connectivity index (χ0) is 8.55. The Balaban J connectivity index is 0.000000845. The molecule has 0 aliphatic carbocycles. The third-order valence-electron chi connectivity index (χ3n) is 1.44. The van der Waals surface area contributed by atoms with Crippen molar-refractivity contribution in [1.29, 1.82) is 0 Å². The number of nitrogens with one attached hydrogen (secondary N) is 2. The van der Waals surface area contributed by atoms with Crippen LogP contribution in [0.15, 0.2) is 6.20 Å². The first-order valence-electron chi connectivity index (χ1n) is 3.27. The van der Waals surface area contributed by atoms with Crippen molar-refractivity contribution in [2.24, 2.45) is 0 Å². The van der Waals surface area contributed by atoms with Crippen LogP contribution in [0.2, 0.25) is 0 Å². The van der Waals surface area contributed by atoms with Gasteiger partial charge in [-0.25, -0.2) is 0 Å². The van der Waals surface area contributed by atoms with E-state index in [1.54, 1.807) is 0 Å². The average molecular weight is 349 g/mol. The molecule has 7 heteroatoms. The third-order valence-corrected chi connectivity index (χ3v) is 1.44. The predicted molar refractivity (Wildman–Crippen MR) is 39.0 cm³/mol. The van der Waals surface area contributed by atoms with E-state index in [9.17, 15) is 4.79 Å². The van der Waals surface area contributed by atoms with E-state index in [0.717, 1.165) is 0 Å². The van der Waals surface area contributed by atoms with Crippen molar-refractivity contribution in [3.05, 3.63) is 17.5 Å². The molecule has 0 fully saturated rings. The number of fused-ring (bicyclic) bond motifs is 1. The first-order valence-corrected chi connectivity index (χ1v) is 3.27. The Morgan fingerprint density at radius 1 is 1.62 bits per heavy atom. The summed E-state index contributed by atoms with van der Waals surface area (Å²) in [5.74, 6) is -0.238. The van der Waals surface area contributed by atoms with Crippen molar-refractivity contribution in [2.45, 2.75) is 0 Å². The molecular weight excluding hydrogens is 344 g/mol. The molecule has 2 rings (SSSR count). The van der Waals surface area contributed by atoms with Crippen LogP contribution in [0.5, 0.6) is 5.88 Å². The summed E-state index contributed by atoms with van der Waals surface area (Å²) in [6, 6.07) is 0. The topological polar surface area (TPSA) is 87.9 Å². The standard InChI is InChI=1S/C6H6N4O2.W/c7-6-8-1-3-4(11)9-2-12-5(3)10-6;/h1H,2H2,(H3,7,8,9,10,11);/p-1. The summed E-state index contributed by atoms with van der Waals surface area (Å²) in [6.07, 6.45) is 1.28. The number of hydrogen-bond donors (Lipinski definition) is 1. The Labute approximate surface area is 88.1 Å². The van der Waals surface area contributed by atoms with Gasteiger partial charge in [-0.2, -0.15) is 0 Å². The molecule has 1 aromatic rings. The number of nitrogens with zero attached hydrogens (tertiary/aromatic N) is 2. The SMILES string of the molecule is [NH-]c1ncc2c(n1)OCNC2=O.[W]. The Kier molecular flexibility index (Phi) is 2.82. The van der Waals surface area contributed by atoms with Gasteiger partial charge in [0.25, 0.3) is 5.91 Å². The van der Waals surface area contributed by atoms with E-state index in [4.69, 9.17) is 10.5 Å². The maximum atomic E-state index is 11.1. The van der Waals surface area contributed by atoms with E-state index in [1.807, 2.05) is 0 Å². The fourth-order valence-electron chi connectivity index (χ4n) is 0.897. The quantitative estimate of drug-likeness (QED) is 0.727. The molecule has 0 unspecified atom stereocenters. The number of rotatable bonds is 0. The molecule has 1 aliphatic rings. The predicted octanol–water partition coefficient (Wildman–Crippen LogP) is 0.237. The van der Waals surface area contributed by atoms with Crippen LogP contribution in [0, 0.1) is 0 Å². The number of carbonyl (C=O) groups excluding carboxylic acids is 1. The van der Waals surface area contributed by atoms with Crippen molar-refractivity contribution in [3.63, 3.8) is 0 Å². The Hall–Kier alpha value is -1.16. The van der Waals surface area contributed by atoms with E-state index in [0.29, 0.717) is 0 Å². The van der Waals surface area contributed by atoms with E-state index in [-0.39, 0.29) is 51.1 Å². The van der Waals surface area contributed by atoms with Gasteiger partial charge in [0.15, 0.2) is 12.6 Å². The normalized spacial score (nSPS) is 13.4. The molecule has 0 spiro atoms. The first-order chi connectivity index (χ1) is 5.77. The summed E-state index contributed by atoms with van der Waals surface area (Å²) >= 11 is 0. The monoisotopic (exact) mass is 349 g/mol. The summed E-state index contributed by atoms with van der Waals surface area (Å²) in [4.78, 5) is 18.3. The Bertz CT molecular complexity index is 343. The molecule has 1 aromatic heterocycles. The molecule has 0 radical (unpaired) electrons. The minimum Gasteiger partial charge on any atom is -0.469 e. The average Bonchev–Trinajstić information content (AvgIpc) is 2.04. The van der Waals surface area contributed by atoms with Crippen molar-refractivity contribution < 1.29 is 30.6 Å². The van der Waals surface area contributed by atoms with Crippen molar-refractivity contribution >= 4 is 11.9 Å². The van der Waals surface area contributed by atoms with Crippen LogP contribution in [-0.4, -0.2) is 22.6 Å². The summed E-state index contributed by atoms with van der Waals surface area (Å²) in [5, 5.41) is 2.46. The van der Waals surface area contributed by atoms with Crippen molar-refractivity contribution in [1.82, 2.24) is 15.3 Å². The summed E-state index contributed by atoms with van der Waals surface area (Å²) in [6.45, 7) is 0.0995. The molecule has 13 heavy (non-hydrogen) atoms. The Morgan fingerprint density at radius 2 is 2.38 bits per heavy atom. The molecule has 0 atom stereocenters. The maximum absolute atomic E-state index is 11.1. The second-order valence-electron chi connectivity index (χ2n) is 2.21. The van der Waals surface area contributed by atoms with Crippen LogP contribution in [-0.2, 0) is 21.1 Å². The van der Waals surface area contributed by atoms with Crippen LogP contribution < -0.4 is 10.1 Å². The van der Waals surface area contributed by atoms with Crippen molar-refractivity contribution in [3.8, 4) is 5.88 Å². The van der Waals surface area contributed by atoms with Gasteiger partial charge in [0, 0.05) is 27.0 Å². The largest absolute Gasteiger partial charge is 0.469 e. The molecule has 1 amide bonds. The van der Waals surface area contributed by atoms with Gasteiger partial charge in [-0.05, 0) is 6.20 Å². The third kappa shape index (κ3) is 1.78. The number of carbonyl (C=O) groups is 1.